The van der Waals surface area contributed by atoms with Crippen LogP contribution in [-0.4, -0.2) is 14.5 Å². The highest BCUT2D eigenvalue weighted by Gasteiger charge is 2.29. The minimum absolute atomic E-state index is 0.226. The molecule has 3 heteroatoms. The predicted molar refractivity (Wildman–Crippen MR) is 261 cm³/mol. The number of hydrogen-bond donors (Lipinski definition) is 0. The molecule has 0 bridgehead atoms. The topological polar surface area (TPSA) is 30.7 Å². The van der Waals surface area contributed by atoms with Gasteiger partial charge in [0.25, 0.3) is 0 Å². The van der Waals surface area contributed by atoms with Crippen LogP contribution < -0.4 is 0 Å². The quantitative estimate of drug-likeness (QED) is 0.161. The van der Waals surface area contributed by atoms with E-state index in [-0.39, 0.29) is 5.92 Å². The first-order valence-electron chi connectivity index (χ1n) is 21.7. The number of nitrogens with zero attached hydrogens (tertiary/aromatic N) is 3. The molecule has 11 aromatic rings. The summed E-state index contributed by atoms with van der Waals surface area (Å²) in [6, 6.07) is 83.0. The molecule has 9 aromatic carbocycles. The molecule has 0 aliphatic heterocycles. The Morgan fingerprint density at radius 3 is 1.79 bits per heavy atom. The molecule has 0 spiro atoms. The van der Waals surface area contributed by atoms with Crippen molar-refractivity contribution in [2.24, 2.45) is 0 Å². The molecule has 0 N–H and O–H groups in total. The number of fused-ring (bicyclic) bond motifs is 6. The van der Waals surface area contributed by atoms with Crippen molar-refractivity contribution in [2.45, 2.75) is 12.3 Å². The second-order valence-corrected chi connectivity index (χ2v) is 16.5. The zero-order chi connectivity index (χ0) is 41.7. The van der Waals surface area contributed by atoms with Crippen LogP contribution in [0.5, 0.6) is 0 Å². The number of benzene rings is 9. The maximum absolute atomic E-state index is 5.51. The van der Waals surface area contributed by atoms with Gasteiger partial charge in [0.05, 0.1) is 22.4 Å². The summed E-state index contributed by atoms with van der Waals surface area (Å²) < 4.78 is 2.37. The fourth-order valence-electron chi connectivity index (χ4n) is 9.80. The van der Waals surface area contributed by atoms with E-state index < -0.39 is 0 Å². The summed E-state index contributed by atoms with van der Waals surface area (Å²) in [5.41, 5.74) is 19.5. The van der Waals surface area contributed by atoms with Crippen LogP contribution in [0, 0.1) is 0 Å². The van der Waals surface area contributed by atoms with Crippen LogP contribution in [0.3, 0.4) is 0 Å². The fourth-order valence-corrected chi connectivity index (χ4v) is 9.80. The van der Waals surface area contributed by atoms with Crippen LogP contribution in [0.2, 0.25) is 0 Å². The Bertz CT molecular complexity index is 3460. The molecule has 296 valence electrons. The van der Waals surface area contributed by atoms with E-state index >= 15 is 0 Å². The van der Waals surface area contributed by atoms with Gasteiger partial charge in [-0.3, -0.25) is 0 Å². The minimum atomic E-state index is 0.226. The van der Waals surface area contributed by atoms with Crippen LogP contribution in [-0.2, 0) is 6.42 Å². The van der Waals surface area contributed by atoms with E-state index in [1.165, 1.54) is 55.2 Å². The van der Waals surface area contributed by atoms with Gasteiger partial charge in [0, 0.05) is 39.1 Å². The van der Waals surface area contributed by atoms with Crippen molar-refractivity contribution < 1.29 is 0 Å². The molecule has 3 nitrogen and oxygen atoms in total. The van der Waals surface area contributed by atoms with E-state index in [1.54, 1.807) is 0 Å². The fraction of sp³-hybridized carbons (Fsp3) is 0.0333. The SMILES string of the molecule is c1ccc(-c2ccc(-c3cccc(-c4nc(-c5ccc6c7ccccc7n(-c7ccccc7)c6c5)cc(-c5cccc6c5-c5ccccc5CC6c5ccccc5)n4)c3)cc2)cc1. The van der Waals surface area contributed by atoms with E-state index in [0.29, 0.717) is 5.82 Å². The van der Waals surface area contributed by atoms with E-state index in [4.69, 9.17) is 9.97 Å². The smallest absolute Gasteiger partial charge is 0.160 e. The van der Waals surface area contributed by atoms with Crippen molar-refractivity contribution in [2.75, 3.05) is 0 Å². The standard InChI is InChI=1S/C60H41N3/c1-4-16-40(17-5-1)41-30-32-42(33-31-41)44-21-14-22-47(36-44)60-61-55(46-34-35-51-50-26-12-13-29-57(50)63(58(51)38-46)48-23-8-3-9-24-48)39-56(62-60)53-28-15-27-52-54(43-18-6-2-7-19-43)37-45-20-10-11-25-49(45)59(52)53/h1-36,38-39,54H,37H2. The number of aromatic nitrogens is 3. The van der Waals surface area contributed by atoms with Crippen molar-refractivity contribution in [3.63, 3.8) is 0 Å². The monoisotopic (exact) mass is 803 g/mol. The number of hydrogen-bond acceptors (Lipinski definition) is 2. The summed E-state index contributed by atoms with van der Waals surface area (Å²) in [4.78, 5) is 11.0. The largest absolute Gasteiger partial charge is 0.309 e. The van der Waals surface area contributed by atoms with Gasteiger partial charge in [-0.1, -0.05) is 194 Å². The Kier molecular flexibility index (Phi) is 8.97. The third-order valence-corrected chi connectivity index (χ3v) is 12.8. The molecule has 12 rings (SSSR count). The Morgan fingerprint density at radius 2 is 0.968 bits per heavy atom. The minimum Gasteiger partial charge on any atom is -0.309 e. The molecule has 2 heterocycles. The zero-order valence-electron chi connectivity index (χ0n) is 34.6. The van der Waals surface area contributed by atoms with E-state index in [0.717, 1.165) is 56.8 Å². The molecular formula is C60H41N3. The molecule has 1 unspecified atom stereocenters. The van der Waals surface area contributed by atoms with Crippen molar-refractivity contribution in [1.82, 2.24) is 14.5 Å². The van der Waals surface area contributed by atoms with Crippen LogP contribution in [0.15, 0.2) is 231 Å². The molecule has 63 heavy (non-hydrogen) atoms. The van der Waals surface area contributed by atoms with Gasteiger partial charge in [-0.2, -0.15) is 0 Å². The maximum atomic E-state index is 5.51. The second-order valence-electron chi connectivity index (χ2n) is 16.5. The number of para-hydroxylation sites is 2. The molecule has 1 aliphatic carbocycles. The lowest BCUT2D eigenvalue weighted by atomic mass is 9.74. The normalized spacial score (nSPS) is 13.2. The van der Waals surface area contributed by atoms with Gasteiger partial charge in [-0.05, 0) is 92.9 Å². The van der Waals surface area contributed by atoms with Crippen molar-refractivity contribution in [3.05, 3.63) is 247 Å². The molecule has 1 atom stereocenters. The van der Waals surface area contributed by atoms with Crippen molar-refractivity contribution in [3.8, 4) is 73.0 Å². The van der Waals surface area contributed by atoms with Gasteiger partial charge < -0.3 is 4.57 Å². The Hall–Kier alpha value is -8.14. The van der Waals surface area contributed by atoms with Crippen molar-refractivity contribution >= 4 is 21.8 Å². The molecule has 0 saturated heterocycles. The Balaban J connectivity index is 1.06. The third kappa shape index (κ3) is 6.54. The lowest BCUT2D eigenvalue weighted by Gasteiger charge is -2.30. The first kappa shape index (κ1) is 36.7. The van der Waals surface area contributed by atoms with Crippen molar-refractivity contribution in [1.29, 1.82) is 0 Å². The maximum Gasteiger partial charge on any atom is 0.160 e. The molecular weight excluding hydrogens is 763 g/mol. The van der Waals surface area contributed by atoms with E-state index in [1.807, 2.05) is 0 Å². The summed E-state index contributed by atoms with van der Waals surface area (Å²) in [6.07, 6.45) is 0.950. The molecule has 2 aromatic heterocycles. The summed E-state index contributed by atoms with van der Waals surface area (Å²) in [7, 11) is 0. The Labute approximate surface area is 367 Å². The summed E-state index contributed by atoms with van der Waals surface area (Å²) in [6.45, 7) is 0. The molecule has 0 saturated carbocycles. The van der Waals surface area contributed by atoms with Gasteiger partial charge in [-0.25, -0.2) is 9.97 Å². The van der Waals surface area contributed by atoms with Crippen LogP contribution in [0.4, 0.5) is 0 Å². The van der Waals surface area contributed by atoms with Gasteiger partial charge in [0.15, 0.2) is 5.82 Å². The van der Waals surface area contributed by atoms with E-state index in [9.17, 15) is 0 Å². The molecule has 0 amide bonds. The summed E-state index contributed by atoms with van der Waals surface area (Å²) >= 11 is 0. The Morgan fingerprint density at radius 1 is 0.381 bits per heavy atom. The van der Waals surface area contributed by atoms with Crippen LogP contribution in [0.25, 0.3) is 94.8 Å². The lowest BCUT2D eigenvalue weighted by Crippen LogP contribution is -2.13. The molecule has 1 aliphatic rings. The third-order valence-electron chi connectivity index (χ3n) is 12.8. The number of rotatable bonds is 7. The van der Waals surface area contributed by atoms with Gasteiger partial charge >= 0.3 is 0 Å². The average Bonchev–Trinajstić information content (AvgIpc) is 3.70. The average molecular weight is 804 g/mol. The highest BCUT2D eigenvalue weighted by molar-refractivity contribution is 6.10. The zero-order valence-corrected chi connectivity index (χ0v) is 34.6. The highest BCUT2D eigenvalue weighted by Crippen LogP contribution is 2.47. The first-order valence-corrected chi connectivity index (χ1v) is 21.7. The molecule has 0 fully saturated rings. The summed E-state index contributed by atoms with van der Waals surface area (Å²) in [5, 5.41) is 2.43. The predicted octanol–water partition coefficient (Wildman–Crippen LogP) is 15.3. The van der Waals surface area contributed by atoms with Crippen LogP contribution in [0.1, 0.15) is 22.6 Å². The van der Waals surface area contributed by atoms with Gasteiger partial charge in [0.2, 0.25) is 0 Å². The van der Waals surface area contributed by atoms with E-state index in [2.05, 4.69) is 235 Å². The van der Waals surface area contributed by atoms with Gasteiger partial charge in [0.1, 0.15) is 0 Å². The van der Waals surface area contributed by atoms with Gasteiger partial charge in [-0.15, -0.1) is 0 Å². The lowest BCUT2D eigenvalue weighted by molar-refractivity contribution is 0.794. The summed E-state index contributed by atoms with van der Waals surface area (Å²) in [5.74, 6) is 0.916. The first-order chi connectivity index (χ1) is 31.2. The molecule has 0 radical (unpaired) electrons. The van der Waals surface area contributed by atoms with Crippen LogP contribution >= 0.6 is 0 Å². The second kappa shape index (κ2) is 15.4. The highest BCUT2D eigenvalue weighted by atomic mass is 15.0.